The van der Waals surface area contributed by atoms with Gasteiger partial charge in [-0.2, -0.15) is 0 Å². The average Bonchev–Trinajstić information content (AvgIpc) is 2.46. The van der Waals surface area contributed by atoms with E-state index in [4.69, 9.17) is 16.3 Å². The number of carbonyl (C=O) groups excluding carboxylic acids is 1. The molecule has 0 fully saturated rings. The number of hydrogen-bond donors (Lipinski definition) is 0. The molecule has 0 aliphatic heterocycles. The van der Waals surface area contributed by atoms with E-state index in [0.29, 0.717) is 17.9 Å². The number of para-hydroxylation sites is 1. The largest absolute Gasteiger partial charge is 0.492 e. The summed E-state index contributed by atoms with van der Waals surface area (Å²) in [6.45, 7) is 0.554. The van der Waals surface area contributed by atoms with Crippen LogP contribution < -0.4 is 4.74 Å². The lowest BCUT2D eigenvalue weighted by atomic mass is 10.2. The normalized spacial score (nSPS) is 10.2. The number of ether oxygens (including phenoxy) is 1. The van der Waals surface area contributed by atoms with Gasteiger partial charge in [-0.3, -0.25) is 4.79 Å². The lowest BCUT2D eigenvalue weighted by Gasteiger charge is -2.07. The quantitative estimate of drug-likeness (QED) is 0.450. The van der Waals surface area contributed by atoms with E-state index in [1.165, 1.54) is 0 Å². The van der Waals surface area contributed by atoms with Crippen LogP contribution in [0.15, 0.2) is 53.4 Å². The van der Waals surface area contributed by atoms with Crippen molar-refractivity contribution in [2.45, 2.75) is 4.90 Å². The number of aldehydes is 1. The predicted octanol–water partition coefficient (Wildman–Crippen LogP) is 4.32. The van der Waals surface area contributed by atoms with Gasteiger partial charge >= 0.3 is 0 Å². The van der Waals surface area contributed by atoms with Crippen LogP contribution in [-0.4, -0.2) is 18.6 Å². The third kappa shape index (κ3) is 4.30. The fraction of sp³-hybridized carbons (Fsp3) is 0.133. The number of carbonyl (C=O) groups is 1. The topological polar surface area (TPSA) is 26.3 Å². The highest BCUT2D eigenvalue weighted by Gasteiger charge is 2.01. The zero-order chi connectivity index (χ0) is 13.5. The maximum Gasteiger partial charge on any atom is 0.153 e. The minimum atomic E-state index is 0.554. The van der Waals surface area contributed by atoms with Crippen LogP contribution in [0.4, 0.5) is 0 Å². The monoisotopic (exact) mass is 292 g/mol. The van der Waals surface area contributed by atoms with E-state index in [-0.39, 0.29) is 0 Å². The molecule has 0 bridgehead atoms. The van der Waals surface area contributed by atoms with Gasteiger partial charge < -0.3 is 4.74 Å². The Hall–Kier alpha value is -1.45. The van der Waals surface area contributed by atoms with Crippen LogP contribution in [-0.2, 0) is 0 Å². The molecular formula is C15H13ClO2S. The fourth-order valence-corrected chi connectivity index (χ4v) is 2.41. The second-order valence-electron chi connectivity index (χ2n) is 3.81. The van der Waals surface area contributed by atoms with Crippen LogP contribution in [0.1, 0.15) is 10.4 Å². The molecule has 0 N–H and O–H groups in total. The number of hydrogen-bond acceptors (Lipinski definition) is 3. The molecule has 2 aromatic carbocycles. The van der Waals surface area contributed by atoms with E-state index >= 15 is 0 Å². The number of halogens is 1. The smallest absolute Gasteiger partial charge is 0.153 e. The van der Waals surface area contributed by atoms with Crippen molar-refractivity contribution in [2.24, 2.45) is 0 Å². The Morgan fingerprint density at radius 1 is 1.11 bits per heavy atom. The Balaban J connectivity index is 1.80. The van der Waals surface area contributed by atoms with Crippen molar-refractivity contribution in [3.8, 4) is 5.75 Å². The molecule has 0 aliphatic carbocycles. The van der Waals surface area contributed by atoms with Gasteiger partial charge in [0.15, 0.2) is 6.29 Å². The molecule has 0 unspecified atom stereocenters. The molecule has 2 aromatic rings. The van der Waals surface area contributed by atoms with Crippen LogP contribution in [0, 0.1) is 0 Å². The van der Waals surface area contributed by atoms with Crippen molar-refractivity contribution in [1.82, 2.24) is 0 Å². The van der Waals surface area contributed by atoms with E-state index in [9.17, 15) is 4.79 Å². The fourth-order valence-electron chi connectivity index (χ4n) is 1.55. The van der Waals surface area contributed by atoms with Crippen LogP contribution in [0.3, 0.4) is 0 Å². The van der Waals surface area contributed by atoms with E-state index in [1.54, 1.807) is 23.9 Å². The zero-order valence-electron chi connectivity index (χ0n) is 10.2. The molecule has 4 heteroatoms. The lowest BCUT2D eigenvalue weighted by Crippen LogP contribution is -2.02. The van der Waals surface area contributed by atoms with Crippen LogP contribution in [0.25, 0.3) is 0 Å². The van der Waals surface area contributed by atoms with Gasteiger partial charge in [-0.15, -0.1) is 11.8 Å². The molecule has 0 saturated heterocycles. The summed E-state index contributed by atoms with van der Waals surface area (Å²) in [5.41, 5.74) is 0.582. The third-order valence-electron chi connectivity index (χ3n) is 2.47. The van der Waals surface area contributed by atoms with E-state index in [2.05, 4.69) is 0 Å². The van der Waals surface area contributed by atoms with Crippen molar-refractivity contribution in [3.05, 3.63) is 59.1 Å². The Bertz CT molecular complexity index is 540. The minimum absolute atomic E-state index is 0.554. The van der Waals surface area contributed by atoms with Gasteiger partial charge in [-0.25, -0.2) is 0 Å². The first-order valence-corrected chi connectivity index (χ1v) is 7.21. The summed E-state index contributed by atoms with van der Waals surface area (Å²) in [7, 11) is 0. The van der Waals surface area contributed by atoms with Crippen LogP contribution >= 0.6 is 23.4 Å². The molecule has 2 nitrogen and oxygen atoms in total. The molecule has 0 amide bonds. The molecule has 0 saturated carbocycles. The van der Waals surface area contributed by atoms with E-state index in [0.717, 1.165) is 22.0 Å². The first-order valence-electron chi connectivity index (χ1n) is 5.85. The SMILES string of the molecule is O=Cc1ccccc1OCCSc1ccc(Cl)cc1. The van der Waals surface area contributed by atoms with E-state index < -0.39 is 0 Å². The molecule has 0 heterocycles. The van der Waals surface area contributed by atoms with Crippen LogP contribution in [0.2, 0.25) is 5.02 Å². The maximum absolute atomic E-state index is 10.8. The van der Waals surface area contributed by atoms with Gasteiger partial charge in [0.2, 0.25) is 0 Å². The van der Waals surface area contributed by atoms with Gasteiger partial charge in [0.1, 0.15) is 5.75 Å². The molecule has 0 aromatic heterocycles. The summed E-state index contributed by atoms with van der Waals surface area (Å²) in [5, 5.41) is 0.737. The van der Waals surface area contributed by atoms with E-state index in [1.807, 2.05) is 36.4 Å². The molecule has 0 radical (unpaired) electrons. The molecule has 2 rings (SSSR count). The second-order valence-corrected chi connectivity index (χ2v) is 5.41. The number of rotatable bonds is 6. The molecule has 98 valence electrons. The molecule has 0 aliphatic rings. The molecular weight excluding hydrogens is 280 g/mol. The number of benzene rings is 2. The van der Waals surface area contributed by atoms with Gasteiger partial charge in [-0.1, -0.05) is 23.7 Å². The highest BCUT2D eigenvalue weighted by molar-refractivity contribution is 7.99. The maximum atomic E-state index is 10.8. The van der Waals surface area contributed by atoms with Gasteiger partial charge in [-0.05, 0) is 36.4 Å². The first kappa shape index (κ1) is 14.0. The Morgan fingerprint density at radius 3 is 2.58 bits per heavy atom. The van der Waals surface area contributed by atoms with Crippen molar-refractivity contribution in [1.29, 1.82) is 0 Å². The highest BCUT2D eigenvalue weighted by atomic mass is 35.5. The van der Waals surface area contributed by atoms with Gasteiger partial charge in [0.05, 0.1) is 12.2 Å². The Kier molecular flexibility index (Phi) is 5.31. The standard InChI is InChI=1S/C15H13ClO2S/c16-13-5-7-14(8-6-13)19-10-9-18-15-4-2-1-3-12(15)11-17/h1-8,11H,9-10H2. The van der Waals surface area contributed by atoms with Crippen molar-refractivity contribution >= 4 is 29.6 Å². The summed E-state index contributed by atoms with van der Waals surface area (Å²) >= 11 is 7.51. The highest BCUT2D eigenvalue weighted by Crippen LogP contribution is 2.21. The molecule has 0 atom stereocenters. The number of thioether (sulfide) groups is 1. The third-order valence-corrected chi connectivity index (χ3v) is 3.70. The van der Waals surface area contributed by atoms with Crippen molar-refractivity contribution < 1.29 is 9.53 Å². The van der Waals surface area contributed by atoms with Crippen LogP contribution in [0.5, 0.6) is 5.75 Å². The predicted molar refractivity (Wildman–Crippen MR) is 79.5 cm³/mol. The summed E-state index contributed by atoms with van der Waals surface area (Å²) in [4.78, 5) is 12.0. The second kappa shape index (κ2) is 7.22. The molecule has 19 heavy (non-hydrogen) atoms. The Labute approximate surface area is 121 Å². The average molecular weight is 293 g/mol. The van der Waals surface area contributed by atoms with Gasteiger partial charge in [0.25, 0.3) is 0 Å². The summed E-state index contributed by atoms with van der Waals surface area (Å²) in [6.07, 6.45) is 0.807. The summed E-state index contributed by atoms with van der Waals surface area (Å²) in [6, 6.07) is 14.9. The minimum Gasteiger partial charge on any atom is -0.492 e. The van der Waals surface area contributed by atoms with Crippen molar-refractivity contribution in [2.75, 3.05) is 12.4 Å². The zero-order valence-corrected chi connectivity index (χ0v) is 11.8. The molecule has 0 spiro atoms. The lowest BCUT2D eigenvalue weighted by molar-refractivity contribution is 0.112. The summed E-state index contributed by atoms with van der Waals surface area (Å²) in [5.74, 6) is 1.45. The van der Waals surface area contributed by atoms with Gasteiger partial charge in [0, 0.05) is 15.7 Å². The Morgan fingerprint density at radius 2 is 1.84 bits per heavy atom. The first-order chi connectivity index (χ1) is 9.29. The van der Waals surface area contributed by atoms with Crippen molar-refractivity contribution in [3.63, 3.8) is 0 Å². The summed E-state index contributed by atoms with van der Waals surface area (Å²) < 4.78 is 5.60.